The first-order chi connectivity index (χ1) is 35.6. The number of hydrogen-bond acceptors (Lipinski definition) is 16. The van der Waals surface area contributed by atoms with E-state index in [1.54, 1.807) is 9.80 Å². The summed E-state index contributed by atoms with van der Waals surface area (Å²) in [5.41, 5.74) is 0.415. The maximum atomic E-state index is 13.0. The predicted octanol–water partition coefficient (Wildman–Crippen LogP) is 10.6. The van der Waals surface area contributed by atoms with Gasteiger partial charge in [0.05, 0.1) is 0 Å². The van der Waals surface area contributed by atoms with Gasteiger partial charge in [-0.15, -0.1) is 0 Å². The van der Waals surface area contributed by atoms with Crippen LogP contribution in [-0.2, 0) is 16.1 Å². The van der Waals surface area contributed by atoms with Crippen molar-refractivity contribution in [3.8, 4) is 0 Å². The molecule has 3 fully saturated rings. The van der Waals surface area contributed by atoms with Crippen molar-refractivity contribution in [1.82, 2.24) is 39.7 Å². The number of carbonyl (C=O) groups is 2. The fourth-order valence-corrected chi connectivity index (χ4v) is 9.48. The monoisotopic (exact) mass is 1010 g/mol. The zero-order chi connectivity index (χ0) is 51.5. The quantitative estimate of drug-likeness (QED) is 0.0603. The van der Waals surface area contributed by atoms with Crippen molar-refractivity contribution in [2.24, 2.45) is 0 Å². The minimum Gasteiger partial charge on any atom is -0.445 e. The zero-order valence-corrected chi connectivity index (χ0v) is 45.6. The highest BCUT2D eigenvalue weighted by Gasteiger charge is 2.30. The van der Waals surface area contributed by atoms with Crippen LogP contribution in [0.2, 0.25) is 0 Å². The molecule has 6 rings (SSSR count). The van der Waals surface area contributed by atoms with E-state index in [9.17, 15) is 9.59 Å². The first-order valence-corrected chi connectivity index (χ1v) is 28.5. The summed E-state index contributed by atoms with van der Waals surface area (Å²) < 4.78 is 11.3. The van der Waals surface area contributed by atoms with Gasteiger partial charge in [-0.25, -0.2) is 9.59 Å². The van der Waals surface area contributed by atoms with Crippen molar-refractivity contribution < 1.29 is 19.1 Å². The normalized spacial score (nSPS) is 15.5. The van der Waals surface area contributed by atoms with Gasteiger partial charge in [-0.2, -0.15) is 29.9 Å². The van der Waals surface area contributed by atoms with Crippen molar-refractivity contribution in [3.63, 3.8) is 0 Å². The fourth-order valence-electron chi connectivity index (χ4n) is 9.48. The average molecular weight is 1010 g/mol. The Morgan fingerprint density at radius 2 is 0.781 bits per heavy atom. The molecule has 0 unspecified atom stereocenters. The number of nitrogens with one attached hydrogen (secondary N) is 2. The number of hydrogen-bond donors (Lipinski definition) is 2. The molecule has 2 N–H and O–H groups in total. The highest BCUT2D eigenvalue weighted by atomic mass is 16.6. The number of aromatic nitrogens is 6. The van der Waals surface area contributed by atoms with E-state index in [1.807, 2.05) is 51.1 Å². The lowest BCUT2D eigenvalue weighted by atomic mass is 10.1. The van der Waals surface area contributed by atoms with Crippen molar-refractivity contribution in [2.45, 2.75) is 175 Å². The predicted molar refractivity (Wildman–Crippen MR) is 295 cm³/mol. The van der Waals surface area contributed by atoms with Crippen molar-refractivity contribution in [1.29, 1.82) is 0 Å². The molecule has 0 saturated carbocycles. The van der Waals surface area contributed by atoms with Crippen LogP contribution in [0, 0.1) is 0 Å². The van der Waals surface area contributed by atoms with Crippen LogP contribution in [0.1, 0.15) is 169 Å². The third kappa shape index (κ3) is 20.4. The second kappa shape index (κ2) is 31.3. The van der Waals surface area contributed by atoms with Crippen LogP contribution >= 0.6 is 0 Å². The van der Waals surface area contributed by atoms with Gasteiger partial charge in [0.1, 0.15) is 12.2 Å². The number of ether oxygens (including phenoxy) is 2. The Labute approximate surface area is 438 Å². The molecule has 3 aromatic rings. The van der Waals surface area contributed by atoms with Crippen molar-refractivity contribution in [2.75, 3.05) is 122 Å². The van der Waals surface area contributed by atoms with E-state index in [-0.39, 0.29) is 18.8 Å². The fraction of sp³-hybridized carbons (Fsp3) is 0.745. The van der Waals surface area contributed by atoms with E-state index in [1.165, 1.54) is 116 Å². The SMILES string of the molecule is CCCCCCCCCCCCNc1nc(N2CCN(C(=O)OCc3ccccc3)CC2)nc(N2CCN(c3nc(NCCCCCCCCCCCC)nc(N4CCN(C(=O)OC(C)(C)C)CC4)n3)CC2)n1. The Bertz CT molecular complexity index is 2020. The van der Waals surface area contributed by atoms with Crippen molar-refractivity contribution in [3.05, 3.63) is 35.9 Å². The Hall–Kier alpha value is -5.42. The van der Waals surface area contributed by atoms with Gasteiger partial charge in [0.15, 0.2) is 0 Å². The second-order valence-electron chi connectivity index (χ2n) is 21.2. The van der Waals surface area contributed by atoms with Crippen molar-refractivity contribution >= 4 is 47.9 Å². The molecule has 5 heterocycles. The molecule has 0 radical (unpaired) electrons. The second-order valence-corrected chi connectivity index (χ2v) is 21.2. The van der Waals surface area contributed by atoms with E-state index >= 15 is 0 Å². The standard InChI is InChI=1S/C55H92N14O4/c1-6-8-10-12-14-16-18-20-22-27-31-56-47-58-49(62-51(60-47)66-37-41-68(42-38-66)53(70)72-45-46-29-25-24-26-30-46)64-33-35-65(36-34-64)50-59-48(57-32-28-23-21-19-17-15-13-11-9-7-2)61-52(63-50)67-39-43-69(44-40-67)54(71)73-55(3,4)5/h24-26,29-30H,6-23,27-28,31-45H2,1-5H3,(H,56,58,60,62)(H,57,59,61,63). The van der Waals surface area contributed by atoms with Gasteiger partial charge < -0.3 is 49.5 Å². The minimum absolute atomic E-state index is 0.249. The van der Waals surface area contributed by atoms with E-state index < -0.39 is 5.60 Å². The highest BCUT2D eigenvalue weighted by Crippen LogP contribution is 2.25. The minimum atomic E-state index is -0.551. The molecule has 3 saturated heterocycles. The molecular weight excluding hydrogens is 921 g/mol. The highest BCUT2D eigenvalue weighted by molar-refractivity contribution is 5.69. The van der Waals surface area contributed by atoms with Gasteiger partial charge in [0, 0.05) is 91.6 Å². The summed E-state index contributed by atoms with van der Waals surface area (Å²) in [5.74, 6) is 3.67. The zero-order valence-electron chi connectivity index (χ0n) is 45.6. The van der Waals surface area contributed by atoms with Crippen LogP contribution < -0.4 is 30.2 Å². The van der Waals surface area contributed by atoms with Crippen LogP contribution in [0.4, 0.5) is 45.3 Å². The molecule has 2 aromatic heterocycles. The van der Waals surface area contributed by atoms with Gasteiger partial charge in [0.2, 0.25) is 35.7 Å². The Balaban J connectivity index is 1.08. The summed E-state index contributed by atoms with van der Waals surface area (Å²) >= 11 is 0. The average Bonchev–Trinajstić information content (AvgIpc) is 3.40. The Morgan fingerprint density at radius 3 is 1.14 bits per heavy atom. The molecule has 0 aliphatic carbocycles. The third-order valence-electron chi connectivity index (χ3n) is 13.9. The van der Waals surface area contributed by atoms with Gasteiger partial charge in [-0.3, -0.25) is 0 Å². The smallest absolute Gasteiger partial charge is 0.410 e. The lowest BCUT2D eigenvalue weighted by Crippen LogP contribution is -2.51. The van der Waals surface area contributed by atoms with E-state index in [4.69, 9.17) is 39.4 Å². The molecule has 3 aliphatic heterocycles. The van der Waals surface area contributed by atoms with Crippen LogP contribution in [-0.4, -0.2) is 149 Å². The first-order valence-electron chi connectivity index (χ1n) is 28.5. The number of rotatable bonds is 30. The van der Waals surface area contributed by atoms with Gasteiger partial charge >= 0.3 is 12.2 Å². The lowest BCUT2D eigenvalue weighted by Gasteiger charge is -2.37. The topological polar surface area (TPSA) is 173 Å². The van der Waals surface area contributed by atoms with Crippen LogP contribution in [0.25, 0.3) is 0 Å². The number of carbonyl (C=O) groups excluding carboxylic acids is 2. The number of unbranched alkanes of at least 4 members (excludes halogenated alkanes) is 18. The molecule has 0 spiro atoms. The summed E-state index contributed by atoms with van der Waals surface area (Å²) in [7, 11) is 0. The van der Waals surface area contributed by atoms with Gasteiger partial charge in [-0.05, 0) is 39.2 Å². The molecule has 406 valence electrons. The molecule has 18 nitrogen and oxygen atoms in total. The van der Waals surface area contributed by atoms with Gasteiger partial charge in [-0.1, -0.05) is 160 Å². The number of benzene rings is 1. The summed E-state index contributed by atoms with van der Waals surface area (Å²) in [4.78, 5) is 68.3. The number of amides is 2. The summed E-state index contributed by atoms with van der Waals surface area (Å²) in [6, 6.07) is 9.78. The molecule has 2 amide bonds. The van der Waals surface area contributed by atoms with E-state index in [0.717, 1.165) is 31.5 Å². The largest absolute Gasteiger partial charge is 0.445 e. The first kappa shape index (κ1) is 56.9. The summed E-state index contributed by atoms with van der Waals surface area (Å²) in [6.07, 6.45) is 25.0. The maximum Gasteiger partial charge on any atom is 0.410 e. The third-order valence-corrected chi connectivity index (χ3v) is 13.9. The lowest BCUT2D eigenvalue weighted by molar-refractivity contribution is 0.0240. The molecule has 0 atom stereocenters. The number of piperazine rings is 3. The van der Waals surface area contributed by atoms with E-state index in [0.29, 0.717) is 114 Å². The van der Waals surface area contributed by atoms with Gasteiger partial charge in [0.25, 0.3) is 0 Å². The van der Waals surface area contributed by atoms with Crippen LogP contribution in [0.3, 0.4) is 0 Å². The molecule has 18 heteroatoms. The molecule has 73 heavy (non-hydrogen) atoms. The number of nitrogens with zero attached hydrogens (tertiary/aromatic N) is 12. The maximum absolute atomic E-state index is 13.0. The Morgan fingerprint density at radius 1 is 0.452 bits per heavy atom. The van der Waals surface area contributed by atoms with Crippen LogP contribution in [0.5, 0.6) is 0 Å². The molecule has 0 bridgehead atoms. The number of anilines is 6. The summed E-state index contributed by atoms with van der Waals surface area (Å²) in [6.45, 7) is 19.2. The molecule has 1 aromatic carbocycles. The summed E-state index contributed by atoms with van der Waals surface area (Å²) in [5, 5.41) is 7.09. The Kier molecular flexibility index (Phi) is 24.4. The van der Waals surface area contributed by atoms with E-state index in [2.05, 4.69) is 44.1 Å². The molecular formula is C55H92N14O4. The van der Waals surface area contributed by atoms with Crippen LogP contribution in [0.15, 0.2) is 30.3 Å². The molecule has 3 aliphatic rings.